The summed E-state index contributed by atoms with van der Waals surface area (Å²) in [6.07, 6.45) is 8.67. The van der Waals surface area contributed by atoms with Gasteiger partial charge >= 0.3 is 0 Å². The van der Waals surface area contributed by atoms with Crippen molar-refractivity contribution in [2.75, 3.05) is 13.1 Å². The van der Waals surface area contributed by atoms with Gasteiger partial charge in [0.25, 0.3) is 0 Å². The summed E-state index contributed by atoms with van der Waals surface area (Å²) >= 11 is 0. The Morgan fingerprint density at radius 3 is 2.47 bits per heavy atom. The zero-order chi connectivity index (χ0) is 14.0. The molecule has 1 nitrogen and oxygen atoms in total. The molecule has 1 heteroatoms. The zero-order valence-electron chi connectivity index (χ0n) is 13.9. The van der Waals surface area contributed by atoms with Crippen molar-refractivity contribution < 1.29 is 0 Å². The maximum absolute atomic E-state index is 2.71. The second-order valence-electron chi connectivity index (χ2n) is 7.75. The van der Waals surface area contributed by atoms with Gasteiger partial charge in [-0.25, -0.2) is 0 Å². The van der Waals surface area contributed by atoms with E-state index in [1.807, 2.05) is 0 Å². The minimum Gasteiger partial charge on any atom is -0.301 e. The fourth-order valence-corrected chi connectivity index (χ4v) is 4.93. The van der Waals surface area contributed by atoms with Gasteiger partial charge in [0, 0.05) is 6.04 Å². The van der Waals surface area contributed by atoms with Crippen LogP contribution in [0, 0.1) is 23.2 Å². The normalized spacial score (nSPS) is 34.1. The van der Waals surface area contributed by atoms with Crippen molar-refractivity contribution in [2.24, 2.45) is 23.2 Å². The molecular formula is C18H35N. The van der Waals surface area contributed by atoms with Crippen LogP contribution in [0.3, 0.4) is 0 Å². The molecule has 0 spiro atoms. The molecule has 0 aromatic rings. The fourth-order valence-electron chi connectivity index (χ4n) is 4.93. The van der Waals surface area contributed by atoms with E-state index in [9.17, 15) is 0 Å². The lowest BCUT2D eigenvalue weighted by Gasteiger charge is -2.60. The van der Waals surface area contributed by atoms with Crippen LogP contribution in [0.4, 0.5) is 0 Å². The quantitative estimate of drug-likeness (QED) is 0.629. The molecule has 4 atom stereocenters. The van der Waals surface area contributed by atoms with E-state index in [-0.39, 0.29) is 0 Å². The highest BCUT2D eigenvalue weighted by Crippen LogP contribution is 2.61. The van der Waals surface area contributed by atoms with Crippen molar-refractivity contribution in [2.45, 2.75) is 79.2 Å². The number of rotatable bonds is 7. The van der Waals surface area contributed by atoms with Crippen molar-refractivity contribution in [3.8, 4) is 0 Å². The summed E-state index contributed by atoms with van der Waals surface area (Å²) in [5.74, 6) is 3.10. The van der Waals surface area contributed by atoms with Crippen LogP contribution in [-0.4, -0.2) is 24.0 Å². The molecule has 3 rings (SSSR count). The Bertz CT molecular complexity index is 281. The monoisotopic (exact) mass is 265 g/mol. The lowest BCUT2D eigenvalue weighted by Crippen LogP contribution is -2.52. The van der Waals surface area contributed by atoms with Crippen molar-refractivity contribution in [3.05, 3.63) is 0 Å². The minimum atomic E-state index is 0.662. The second kappa shape index (κ2) is 6.16. The summed E-state index contributed by atoms with van der Waals surface area (Å²) < 4.78 is 0. The van der Waals surface area contributed by atoms with Crippen molar-refractivity contribution >= 4 is 0 Å². The maximum Gasteiger partial charge on any atom is 0.00667 e. The largest absolute Gasteiger partial charge is 0.301 e. The molecule has 0 N–H and O–H groups in total. The van der Waals surface area contributed by atoms with Gasteiger partial charge in [0.15, 0.2) is 0 Å². The highest BCUT2D eigenvalue weighted by atomic mass is 15.1. The first-order valence-electron chi connectivity index (χ1n) is 8.74. The topological polar surface area (TPSA) is 3.24 Å². The van der Waals surface area contributed by atoms with Gasteiger partial charge in [0.1, 0.15) is 0 Å². The third-order valence-corrected chi connectivity index (χ3v) is 6.52. The van der Waals surface area contributed by atoms with Crippen molar-refractivity contribution in [1.29, 1.82) is 0 Å². The Morgan fingerprint density at radius 1 is 1.21 bits per heavy atom. The van der Waals surface area contributed by atoms with Gasteiger partial charge in [0.05, 0.1) is 0 Å². The predicted molar refractivity (Wildman–Crippen MR) is 84.3 cm³/mol. The van der Waals surface area contributed by atoms with E-state index < -0.39 is 0 Å². The molecule has 0 amide bonds. The minimum absolute atomic E-state index is 0.662. The van der Waals surface area contributed by atoms with E-state index in [1.165, 1.54) is 51.6 Å². The molecule has 19 heavy (non-hydrogen) atoms. The molecule has 0 heterocycles. The SMILES string of the molecule is CCC[C@H](C)N(CC)CC[C@@H]1CC[C@H]2C[C@@H]1C2(C)C. The highest BCUT2D eigenvalue weighted by molar-refractivity contribution is 5.03. The van der Waals surface area contributed by atoms with Crippen molar-refractivity contribution in [1.82, 2.24) is 4.90 Å². The predicted octanol–water partition coefficient (Wildman–Crippen LogP) is 4.96. The van der Waals surface area contributed by atoms with E-state index >= 15 is 0 Å². The summed E-state index contributed by atoms with van der Waals surface area (Å²) in [7, 11) is 0. The van der Waals surface area contributed by atoms with E-state index in [1.54, 1.807) is 0 Å². The Morgan fingerprint density at radius 2 is 1.95 bits per heavy atom. The summed E-state index contributed by atoms with van der Waals surface area (Å²) in [6, 6.07) is 0.778. The number of fused-ring (bicyclic) bond motifs is 2. The average Bonchev–Trinajstić information content (AvgIpc) is 2.39. The fraction of sp³-hybridized carbons (Fsp3) is 1.00. The highest BCUT2D eigenvalue weighted by Gasteiger charge is 2.53. The summed E-state index contributed by atoms with van der Waals surface area (Å²) in [6.45, 7) is 14.7. The third-order valence-electron chi connectivity index (χ3n) is 6.52. The van der Waals surface area contributed by atoms with Gasteiger partial charge in [-0.1, -0.05) is 34.1 Å². The molecule has 112 valence electrons. The van der Waals surface area contributed by atoms with Crippen LogP contribution in [0.1, 0.15) is 73.1 Å². The van der Waals surface area contributed by atoms with Gasteiger partial charge in [-0.2, -0.15) is 0 Å². The van der Waals surface area contributed by atoms with E-state index in [2.05, 4.69) is 39.5 Å². The smallest absolute Gasteiger partial charge is 0.00667 e. The third kappa shape index (κ3) is 3.01. The lowest BCUT2D eigenvalue weighted by atomic mass is 9.45. The Kier molecular flexibility index (Phi) is 4.98. The molecule has 0 radical (unpaired) electrons. The molecule has 0 unspecified atom stereocenters. The molecular weight excluding hydrogens is 230 g/mol. The van der Waals surface area contributed by atoms with Crippen LogP contribution in [0.25, 0.3) is 0 Å². The molecule has 0 aliphatic heterocycles. The van der Waals surface area contributed by atoms with Gasteiger partial charge in [-0.05, 0) is 75.3 Å². The average molecular weight is 265 g/mol. The maximum atomic E-state index is 2.71. The number of nitrogens with zero attached hydrogens (tertiary/aromatic N) is 1. The van der Waals surface area contributed by atoms with Crippen LogP contribution in [0.2, 0.25) is 0 Å². The van der Waals surface area contributed by atoms with E-state index in [4.69, 9.17) is 0 Å². The number of hydrogen-bond acceptors (Lipinski definition) is 1. The molecule has 3 saturated carbocycles. The van der Waals surface area contributed by atoms with Crippen LogP contribution in [-0.2, 0) is 0 Å². The standard InChI is InChI=1S/C18H35N/c1-6-8-14(3)19(7-2)12-11-15-9-10-16-13-17(15)18(16,4)5/h14-17H,6-13H2,1-5H3/t14-,15-,16-,17-/m0/s1. The van der Waals surface area contributed by atoms with Crippen LogP contribution < -0.4 is 0 Å². The van der Waals surface area contributed by atoms with Crippen LogP contribution in [0.15, 0.2) is 0 Å². The first-order chi connectivity index (χ1) is 9.00. The van der Waals surface area contributed by atoms with E-state index in [0.717, 1.165) is 23.8 Å². The molecule has 3 fully saturated rings. The molecule has 2 bridgehead atoms. The zero-order valence-corrected chi connectivity index (χ0v) is 13.9. The first kappa shape index (κ1) is 15.4. The van der Waals surface area contributed by atoms with Gasteiger partial charge in [0.2, 0.25) is 0 Å². The summed E-state index contributed by atoms with van der Waals surface area (Å²) in [4.78, 5) is 2.71. The molecule has 3 aliphatic carbocycles. The Hall–Kier alpha value is -0.0400. The van der Waals surface area contributed by atoms with Gasteiger partial charge < -0.3 is 4.90 Å². The lowest BCUT2D eigenvalue weighted by molar-refractivity contribution is -0.108. The first-order valence-corrected chi connectivity index (χ1v) is 8.74. The molecule has 3 aliphatic rings. The number of hydrogen-bond donors (Lipinski definition) is 0. The Balaban J connectivity index is 1.81. The molecule has 0 aromatic heterocycles. The summed E-state index contributed by atoms with van der Waals surface area (Å²) in [5.41, 5.74) is 0.662. The second-order valence-corrected chi connectivity index (χ2v) is 7.75. The van der Waals surface area contributed by atoms with Crippen LogP contribution in [0.5, 0.6) is 0 Å². The van der Waals surface area contributed by atoms with Crippen LogP contribution >= 0.6 is 0 Å². The Labute approximate surface area is 121 Å². The molecule has 0 saturated heterocycles. The molecule has 0 aromatic carbocycles. The summed E-state index contributed by atoms with van der Waals surface area (Å²) in [5, 5.41) is 0. The van der Waals surface area contributed by atoms with Crippen molar-refractivity contribution in [3.63, 3.8) is 0 Å². The van der Waals surface area contributed by atoms with Gasteiger partial charge in [-0.3, -0.25) is 0 Å². The van der Waals surface area contributed by atoms with Gasteiger partial charge in [-0.15, -0.1) is 0 Å². The van der Waals surface area contributed by atoms with E-state index in [0.29, 0.717) is 5.41 Å².